The zero-order valence-corrected chi connectivity index (χ0v) is 9.03. The minimum atomic E-state index is 0.131. The van der Waals surface area contributed by atoms with E-state index in [1.807, 2.05) is 11.6 Å². The summed E-state index contributed by atoms with van der Waals surface area (Å²) in [5.41, 5.74) is 6.72. The maximum atomic E-state index is 5.71. The van der Waals surface area contributed by atoms with Crippen molar-refractivity contribution in [2.24, 2.45) is 0 Å². The monoisotopic (exact) mass is 198 g/mol. The third-order valence-corrected chi connectivity index (χ3v) is 2.19. The van der Waals surface area contributed by atoms with Crippen LogP contribution in [0.1, 0.15) is 26.0 Å². The van der Waals surface area contributed by atoms with Gasteiger partial charge in [-0.05, 0) is 13.3 Å². The van der Waals surface area contributed by atoms with E-state index in [2.05, 4.69) is 17.2 Å². The topological polar surface area (TPSA) is 66.0 Å². The first-order chi connectivity index (χ1) is 6.69. The van der Waals surface area contributed by atoms with Crippen molar-refractivity contribution in [1.29, 1.82) is 0 Å². The lowest BCUT2D eigenvalue weighted by molar-refractivity contribution is 0.0984. The predicted molar refractivity (Wildman–Crippen MR) is 54.9 cm³/mol. The quantitative estimate of drug-likeness (QED) is 0.761. The van der Waals surface area contributed by atoms with Gasteiger partial charge < -0.3 is 10.5 Å². The highest BCUT2D eigenvalue weighted by Crippen LogP contribution is 2.10. The number of anilines is 1. The molecule has 0 saturated heterocycles. The third-order valence-electron chi connectivity index (χ3n) is 2.19. The third kappa shape index (κ3) is 2.45. The number of nitrogens with zero attached hydrogens (tertiary/aromatic N) is 3. The molecule has 0 amide bonds. The van der Waals surface area contributed by atoms with Gasteiger partial charge in [-0.25, -0.2) is 4.68 Å². The van der Waals surface area contributed by atoms with Crippen LogP contribution in [-0.2, 0) is 17.7 Å². The molecule has 0 fully saturated rings. The van der Waals surface area contributed by atoms with Gasteiger partial charge in [-0.15, -0.1) is 5.10 Å². The van der Waals surface area contributed by atoms with E-state index in [-0.39, 0.29) is 6.10 Å². The molecule has 1 aromatic heterocycles. The lowest BCUT2D eigenvalue weighted by Crippen LogP contribution is -2.18. The average Bonchev–Trinajstić information content (AvgIpc) is 2.50. The molecule has 0 bridgehead atoms. The second kappa shape index (κ2) is 4.95. The summed E-state index contributed by atoms with van der Waals surface area (Å²) in [5.74, 6) is 0.537. The van der Waals surface area contributed by atoms with Gasteiger partial charge >= 0.3 is 0 Å². The fourth-order valence-corrected chi connectivity index (χ4v) is 1.30. The fourth-order valence-electron chi connectivity index (χ4n) is 1.30. The van der Waals surface area contributed by atoms with E-state index >= 15 is 0 Å². The van der Waals surface area contributed by atoms with Crippen molar-refractivity contribution in [2.45, 2.75) is 39.3 Å². The highest BCUT2D eigenvalue weighted by molar-refractivity contribution is 5.32. The number of nitrogen functional groups attached to an aromatic ring is 1. The Morgan fingerprint density at radius 3 is 2.86 bits per heavy atom. The van der Waals surface area contributed by atoms with E-state index in [9.17, 15) is 0 Å². The molecule has 0 aliphatic heterocycles. The Balaban J connectivity index is 2.75. The number of ether oxygens (including phenoxy) is 1. The summed E-state index contributed by atoms with van der Waals surface area (Å²) in [6, 6.07) is 0. The van der Waals surface area contributed by atoms with Gasteiger partial charge in [0, 0.05) is 7.11 Å². The first kappa shape index (κ1) is 11.0. The lowest BCUT2D eigenvalue weighted by Gasteiger charge is -2.11. The van der Waals surface area contributed by atoms with Gasteiger partial charge in [0.25, 0.3) is 0 Å². The van der Waals surface area contributed by atoms with Crippen molar-refractivity contribution in [3.8, 4) is 0 Å². The molecule has 80 valence electrons. The molecule has 14 heavy (non-hydrogen) atoms. The first-order valence-electron chi connectivity index (χ1n) is 4.89. The SMILES string of the molecule is CCCc1c(N)nnn1CC(C)OC. The molecule has 1 unspecified atom stereocenters. The van der Waals surface area contributed by atoms with E-state index in [0.29, 0.717) is 12.4 Å². The van der Waals surface area contributed by atoms with Crippen molar-refractivity contribution >= 4 is 5.82 Å². The van der Waals surface area contributed by atoms with Crippen molar-refractivity contribution in [1.82, 2.24) is 15.0 Å². The van der Waals surface area contributed by atoms with E-state index < -0.39 is 0 Å². The molecule has 5 nitrogen and oxygen atoms in total. The fraction of sp³-hybridized carbons (Fsp3) is 0.778. The number of nitrogens with two attached hydrogens (primary N) is 1. The number of hydrogen-bond acceptors (Lipinski definition) is 4. The Bertz CT molecular complexity index is 284. The van der Waals surface area contributed by atoms with Crippen molar-refractivity contribution in [3.05, 3.63) is 5.69 Å². The van der Waals surface area contributed by atoms with Gasteiger partial charge in [0.2, 0.25) is 0 Å². The smallest absolute Gasteiger partial charge is 0.169 e. The molecule has 1 heterocycles. The number of rotatable bonds is 5. The van der Waals surface area contributed by atoms with Crippen LogP contribution in [0.15, 0.2) is 0 Å². The van der Waals surface area contributed by atoms with Crippen LogP contribution >= 0.6 is 0 Å². The normalized spacial score (nSPS) is 13.1. The van der Waals surface area contributed by atoms with Crippen LogP contribution in [0.3, 0.4) is 0 Å². The van der Waals surface area contributed by atoms with Crippen LogP contribution in [0.25, 0.3) is 0 Å². The van der Waals surface area contributed by atoms with Gasteiger partial charge in [-0.1, -0.05) is 18.6 Å². The maximum absolute atomic E-state index is 5.71. The van der Waals surface area contributed by atoms with Gasteiger partial charge in [0.05, 0.1) is 18.3 Å². The van der Waals surface area contributed by atoms with Crippen LogP contribution in [0.2, 0.25) is 0 Å². The Morgan fingerprint density at radius 1 is 1.57 bits per heavy atom. The zero-order valence-electron chi connectivity index (χ0n) is 9.03. The van der Waals surface area contributed by atoms with Crippen LogP contribution in [0, 0.1) is 0 Å². The van der Waals surface area contributed by atoms with Gasteiger partial charge in [0.15, 0.2) is 5.82 Å². The molecule has 0 aliphatic rings. The summed E-state index contributed by atoms with van der Waals surface area (Å²) < 4.78 is 6.99. The van der Waals surface area contributed by atoms with Crippen LogP contribution in [-0.4, -0.2) is 28.2 Å². The molecule has 0 aromatic carbocycles. The van der Waals surface area contributed by atoms with Crippen LogP contribution in [0.4, 0.5) is 5.82 Å². The minimum Gasteiger partial charge on any atom is -0.381 e. The first-order valence-corrected chi connectivity index (χ1v) is 4.89. The molecule has 1 rings (SSSR count). The summed E-state index contributed by atoms with van der Waals surface area (Å²) >= 11 is 0. The van der Waals surface area contributed by atoms with Crippen molar-refractivity contribution in [2.75, 3.05) is 12.8 Å². The molecular formula is C9H18N4O. The van der Waals surface area contributed by atoms with Crippen LogP contribution < -0.4 is 5.73 Å². The van der Waals surface area contributed by atoms with E-state index in [4.69, 9.17) is 10.5 Å². The lowest BCUT2D eigenvalue weighted by atomic mass is 10.2. The predicted octanol–water partition coefficient (Wildman–Crippen LogP) is 0.848. The minimum absolute atomic E-state index is 0.131. The molecule has 0 spiro atoms. The van der Waals surface area contributed by atoms with Gasteiger partial charge in [0.1, 0.15) is 0 Å². The zero-order chi connectivity index (χ0) is 10.6. The van der Waals surface area contributed by atoms with Crippen molar-refractivity contribution < 1.29 is 4.74 Å². The molecular weight excluding hydrogens is 180 g/mol. The Hall–Kier alpha value is -1.10. The molecule has 0 radical (unpaired) electrons. The molecule has 2 N–H and O–H groups in total. The summed E-state index contributed by atoms with van der Waals surface area (Å²) in [5, 5.41) is 7.84. The van der Waals surface area contributed by atoms with Gasteiger partial charge in [-0.2, -0.15) is 0 Å². The second-order valence-corrected chi connectivity index (χ2v) is 3.40. The Labute approximate surface area is 84.2 Å². The molecule has 5 heteroatoms. The molecule has 0 aliphatic carbocycles. The largest absolute Gasteiger partial charge is 0.381 e. The Morgan fingerprint density at radius 2 is 2.29 bits per heavy atom. The summed E-state index contributed by atoms with van der Waals surface area (Å²) in [4.78, 5) is 0. The number of hydrogen-bond donors (Lipinski definition) is 1. The summed E-state index contributed by atoms with van der Waals surface area (Å²) in [7, 11) is 1.68. The number of methoxy groups -OCH3 is 1. The van der Waals surface area contributed by atoms with E-state index in [1.54, 1.807) is 7.11 Å². The summed E-state index contributed by atoms with van der Waals surface area (Å²) in [6.07, 6.45) is 2.08. The molecule has 0 saturated carbocycles. The van der Waals surface area contributed by atoms with Gasteiger partial charge in [-0.3, -0.25) is 0 Å². The number of aromatic nitrogens is 3. The van der Waals surface area contributed by atoms with Crippen LogP contribution in [0.5, 0.6) is 0 Å². The average molecular weight is 198 g/mol. The van der Waals surface area contributed by atoms with E-state index in [1.165, 1.54) is 0 Å². The standard InChI is InChI=1S/C9H18N4O/c1-4-5-8-9(10)11-12-13(8)6-7(2)14-3/h7H,4-6,10H2,1-3H3. The highest BCUT2D eigenvalue weighted by Gasteiger charge is 2.11. The second-order valence-electron chi connectivity index (χ2n) is 3.40. The highest BCUT2D eigenvalue weighted by atomic mass is 16.5. The molecule has 1 atom stereocenters. The summed E-state index contributed by atoms with van der Waals surface area (Å²) in [6.45, 7) is 4.81. The van der Waals surface area contributed by atoms with Crippen molar-refractivity contribution in [3.63, 3.8) is 0 Å². The van der Waals surface area contributed by atoms with E-state index in [0.717, 1.165) is 18.5 Å². The Kier molecular flexibility index (Phi) is 3.88. The molecule has 1 aromatic rings. The maximum Gasteiger partial charge on any atom is 0.169 e.